The zero-order valence-corrected chi connectivity index (χ0v) is 9.35. The van der Waals surface area contributed by atoms with Crippen LogP contribution in [0.1, 0.15) is 20.7 Å². The minimum atomic E-state index is -0.558. The molecule has 0 heterocycles. The molecule has 3 heteroatoms. The van der Waals surface area contributed by atoms with Gasteiger partial charge in [0.1, 0.15) is 0 Å². The van der Waals surface area contributed by atoms with Crippen molar-refractivity contribution in [1.82, 2.24) is 0 Å². The van der Waals surface area contributed by atoms with Crippen LogP contribution >= 0.6 is 0 Å². The van der Waals surface area contributed by atoms with Crippen molar-refractivity contribution in [3.63, 3.8) is 0 Å². The number of fused-ring (bicyclic) bond motifs is 1. The maximum absolute atomic E-state index is 12.2. The standard InChI is InChI=1S/C14H13NO2/c1-3-8-9(4-2)14(17)12-10(13(8)16)6-5-7-11(12)15/h3-9H,1-2,15H2. The first kappa shape index (κ1) is 11.3. The topological polar surface area (TPSA) is 60.2 Å². The summed E-state index contributed by atoms with van der Waals surface area (Å²) < 4.78 is 0. The van der Waals surface area contributed by atoms with Crippen LogP contribution in [0.4, 0.5) is 5.69 Å². The van der Waals surface area contributed by atoms with Crippen LogP contribution in [0.2, 0.25) is 0 Å². The van der Waals surface area contributed by atoms with Gasteiger partial charge in [0.2, 0.25) is 0 Å². The van der Waals surface area contributed by atoms with Gasteiger partial charge in [-0.05, 0) is 6.07 Å². The molecule has 0 radical (unpaired) electrons. The summed E-state index contributed by atoms with van der Waals surface area (Å²) in [6.07, 6.45) is 2.99. The first-order chi connectivity index (χ1) is 8.11. The molecule has 1 aromatic rings. The molecule has 0 bridgehead atoms. The minimum Gasteiger partial charge on any atom is -0.398 e. The third-order valence-electron chi connectivity index (χ3n) is 3.11. The Balaban J connectivity index is 2.70. The van der Waals surface area contributed by atoms with Crippen molar-refractivity contribution in [3.05, 3.63) is 54.6 Å². The number of ketones is 2. The molecular weight excluding hydrogens is 214 g/mol. The zero-order chi connectivity index (χ0) is 12.6. The second-order valence-electron chi connectivity index (χ2n) is 4.02. The minimum absolute atomic E-state index is 0.119. The van der Waals surface area contributed by atoms with Gasteiger partial charge in [-0.1, -0.05) is 24.3 Å². The monoisotopic (exact) mass is 227 g/mol. The highest BCUT2D eigenvalue weighted by Gasteiger charge is 2.38. The summed E-state index contributed by atoms with van der Waals surface area (Å²) in [5.41, 5.74) is 6.81. The molecular formula is C14H13NO2. The van der Waals surface area contributed by atoms with Gasteiger partial charge < -0.3 is 5.73 Å². The normalized spacial score (nSPS) is 23.1. The lowest BCUT2D eigenvalue weighted by atomic mass is 9.73. The van der Waals surface area contributed by atoms with E-state index < -0.39 is 11.8 Å². The van der Waals surface area contributed by atoms with Gasteiger partial charge in [0, 0.05) is 11.3 Å². The number of anilines is 1. The van der Waals surface area contributed by atoms with Crippen molar-refractivity contribution >= 4 is 17.3 Å². The molecule has 1 aliphatic carbocycles. The molecule has 0 aromatic heterocycles. The summed E-state index contributed by atoms with van der Waals surface area (Å²) in [6.45, 7) is 7.22. The molecule has 2 atom stereocenters. The number of Topliss-reactive ketones (excluding diaryl/α,β-unsaturated/α-hetero) is 2. The Bertz CT molecular complexity index is 531. The summed E-state index contributed by atoms with van der Waals surface area (Å²) in [6, 6.07) is 4.92. The van der Waals surface area contributed by atoms with Crippen molar-refractivity contribution in [2.24, 2.45) is 11.8 Å². The van der Waals surface area contributed by atoms with Crippen LogP contribution in [-0.4, -0.2) is 11.6 Å². The largest absolute Gasteiger partial charge is 0.398 e. The lowest BCUT2D eigenvalue weighted by Crippen LogP contribution is -2.34. The summed E-state index contributed by atoms with van der Waals surface area (Å²) >= 11 is 0. The van der Waals surface area contributed by atoms with Gasteiger partial charge in [0.05, 0.1) is 17.4 Å². The molecule has 0 saturated heterocycles. The average Bonchev–Trinajstić information content (AvgIpc) is 2.33. The summed E-state index contributed by atoms with van der Waals surface area (Å²) in [4.78, 5) is 24.4. The molecule has 86 valence electrons. The van der Waals surface area contributed by atoms with Gasteiger partial charge in [-0.3, -0.25) is 9.59 Å². The molecule has 3 nitrogen and oxygen atoms in total. The number of hydrogen-bond donors (Lipinski definition) is 1. The van der Waals surface area contributed by atoms with E-state index in [4.69, 9.17) is 5.73 Å². The van der Waals surface area contributed by atoms with E-state index in [1.807, 2.05) is 0 Å². The Hall–Kier alpha value is -2.16. The third-order valence-corrected chi connectivity index (χ3v) is 3.11. The molecule has 2 unspecified atom stereocenters. The van der Waals surface area contributed by atoms with E-state index in [0.717, 1.165) is 0 Å². The van der Waals surface area contributed by atoms with E-state index in [-0.39, 0.29) is 11.6 Å². The van der Waals surface area contributed by atoms with E-state index in [1.165, 1.54) is 12.2 Å². The van der Waals surface area contributed by atoms with E-state index >= 15 is 0 Å². The van der Waals surface area contributed by atoms with Crippen molar-refractivity contribution < 1.29 is 9.59 Å². The van der Waals surface area contributed by atoms with E-state index in [0.29, 0.717) is 16.8 Å². The Labute approximate surface area is 99.6 Å². The van der Waals surface area contributed by atoms with Crippen LogP contribution in [0.25, 0.3) is 0 Å². The molecule has 2 N–H and O–H groups in total. The maximum atomic E-state index is 12.2. The van der Waals surface area contributed by atoms with Crippen molar-refractivity contribution in [2.75, 3.05) is 5.73 Å². The highest BCUT2D eigenvalue weighted by molar-refractivity contribution is 6.19. The summed E-state index contributed by atoms with van der Waals surface area (Å²) in [5, 5.41) is 0. The molecule has 1 aromatic carbocycles. The SMILES string of the molecule is C=CC1C(=O)c2cccc(N)c2C(=O)C1C=C. The molecule has 0 amide bonds. The van der Waals surface area contributed by atoms with E-state index in [1.54, 1.807) is 18.2 Å². The number of nitrogens with two attached hydrogens (primary N) is 1. The molecule has 17 heavy (non-hydrogen) atoms. The highest BCUT2D eigenvalue weighted by atomic mass is 16.1. The number of carbonyl (C=O) groups excluding carboxylic acids is 2. The van der Waals surface area contributed by atoms with Gasteiger partial charge in [-0.25, -0.2) is 0 Å². The van der Waals surface area contributed by atoms with Gasteiger partial charge in [-0.2, -0.15) is 0 Å². The maximum Gasteiger partial charge on any atom is 0.173 e. The van der Waals surface area contributed by atoms with Crippen LogP contribution < -0.4 is 5.73 Å². The quantitative estimate of drug-likeness (QED) is 0.622. The van der Waals surface area contributed by atoms with Gasteiger partial charge >= 0.3 is 0 Å². The fourth-order valence-corrected chi connectivity index (χ4v) is 2.23. The lowest BCUT2D eigenvalue weighted by Gasteiger charge is -2.27. The Morgan fingerprint density at radius 2 is 1.65 bits per heavy atom. The number of allylic oxidation sites excluding steroid dienone is 2. The predicted octanol–water partition coefficient (Wildman–Crippen LogP) is 2.25. The third kappa shape index (κ3) is 1.51. The lowest BCUT2D eigenvalue weighted by molar-refractivity contribution is 0.0804. The smallest absolute Gasteiger partial charge is 0.173 e. The molecule has 0 aliphatic heterocycles. The highest BCUT2D eigenvalue weighted by Crippen LogP contribution is 2.34. The first-order valence-corrected chi connectivity index (χ1v) is 5.33. The Morgan fingerprint density at radius 3 is 2.24 bits per heavy atom. The zero-order valence-electron chi connectivity index (χ0n) is 9.35. The fraction of sp³-hybridized carbons (Fsp3) is 0.143. The number of benzene rings is 1. The number of hydrogen-bond acceptors (Lipinski definition) is 3. The van der Waals surface area contributed by atoms with Crippen molar-refractivity contribution in [1.29, 1.82) is 0 Å². The van der Waals surface area contributed by atoms with E-state index in [2.05, 4.69) is 13.2 Å². The molecule has 1 aliphatic rings. The summed E-state index contributed by atoms with van der Waals surface area (Å²) in [5.74, 6) is -1.36. The van der Waals surface area contributed by atoms with Crippen LogP contribution in [0.3, 0.4) is 0 Å². The van der Waals surface area contributed by atoms with Crippen LogP contribution in [0.5, 0.6) is 0 Å². The molecule has 0 spiro atoms. The van der Waals surface area contributed by atoms with Crippen molar-refractivity contribution in [2.45, 2.75) is 0 Å². The predicted molar refractivity (Wildman–Crippen MR) is 66.9 cm³/mol. The second kappa shape index (κ2) is 4.01. The summed E-state index contributed by atoms with van der Waals surface area (Å²) in [7, 11) is 0. The van der Waals surface area contributed by atoms with Gasteiger partial charge in [0.15, 0.2) is 11.6 Å². The van der Waals surface area contributed by atoms with Crippen molar-refractivity contribution in [3.8, 4) is 0 Å². The van der Waals surface area contributed by atoms with Crippen LogP contribution in [0, 0.1) is 11.8 Å². The van der Waals surface area contributed by atoms with Gasteiger partial charge in [0.25, 0.3) is 0 Å². The van der Waals surface area contributed by atoms with Crippen LogP contribution in [0.15, 0.2) is 43.5 Å². The average molecular weight is 227 g/mol. The van der Waals surface area contributed by atoms with E-state index in [9.17, 15) is 9.59 Å². The molecule has 0 saturated carbocycles. The molecule has 0 fully saturated rings. The number of nitrogen functional groups attached to an aromatic ring is 1. The fourth-order valence-electron chi connectivity index (χ4n) is 2.23. The second-order valence-corrected chi connectivity index (χ2v) is 4.02. The van der Waals surface area contributed by atoms with Crippen LogP contribution in [-0.2, 0) is 0 Å². The number of rotatable bonds is 2. The number of carbonyl (C=O) groups is 2. The first-order valence-electron chi connectivity index (χ1n) is 5.33. The molecule has 2 rings (SSSR count). The Morgan fingerprint density at radius 1 is 1.06 bits per heavy atom. The van der Waals surface area contributed by atoms with Gasteiger partial charge in [-0.15, -0.1) is 13.2 Å². The Kier molecular flexibility index (Phi) is 2.68.